The van der Waals surface area contributed by atoms with Crippen LogP contribution in [0.25, 0.3) is 6.08 Å². The molecule has 1 saturated heterocycles. The number of methoxy groups -OCH3 is 1. The van der Waals surface area contributed by atoms with Crippen LogP contribution >= 0.6 is 0 Å². The summed E-state index contributed by atoms with van der Waals surface area (Å²) < 4.78 is 11.9. The predicted molar refractivity (Wildman–Crippen MR) is 125 cm³/mol. The predicted octanol–water partition coefficient (Wildman–Crippen LogP) is 5.96. The average molecular weight is 417 g/mol. The molecule has 4 rings (SSSR count). The maximum Gasteiger partial charge on any atom is 0.159 e. The van der Waals surface area contributed by atoms with E-state index in [1.165, 1.54) is 11.1 Å². The van der Waals surface area contributed by atoms with E-state index in [-0.39, 0.29) is 23.2 Å². The Hall–Kier alpha value is -2.65. The van der Waals surface area contributed by atoms with Gasteiger partial charge in [-0.05, 0) is 72.9 Å². The monoisotopic (exact) mass is 416 g/mol. The van der Waals surface area contributed by atoms with E-state index >= 15 is 0 Å². The van der Waals surface area contributed by atoms with Crippen LogP contribution in [0.2, 0.25) is 0 Å². The first-order valence-corrected chi connectivity index (χ1v) is 11.3. The minimum Gasteiger partial charge on any atom is -0.496 e. The molecule has 2 aromatic rings. The SMILES string of the molecule is COc1cc(C[C@H](C)[C@]23C[C@H](C/C=C/c4ccccc4)C(=O)C=C2CCO3)ccc1C. The molecule has 0 N–H and O–H groups in total. The van der Waals surface area contributed by atoms with Gasteiger partial charge in [0.2, 0.25) is 0 Å². The lowest BCUT2D eigenvalue weighted by Gasteiger charge is -2.41. The van der Waals surface area contributed by atoms with E-state index in [1.807, 2.05) is 24.3 Å². The van der Waals surface area contributed by atoms with E-state index in [1.54, 1.807) is 7.11 Å². The summed E-state index contributed by atoms with van der Waals surface area (Å²) in [5.41, 5.74) is 4.40. The molecule has 0 radical (unpaired) electrons. The molecule has 1 aliphatic carbocycles. The smallest absolute Gasteiger partial charge is 0.159 e. The number of fused-ring (bicyclic) bond motifs is 1. The topological polar surface area (TPSA) is 35.5 Å². The van der Waals surface area contributed by atoms with Gasteiger partial charge in [-0.15, -0.1) is 0 Å². The van der Waals surface area contributed by atoms with Gasteiger partial charge in [-0.2, -0.15) is 0 Å². The standard InChI is InChI=1S/C28H32O3/c1-20-12-13-23(17-27(20)30-3)16-21(2)28-19-24(26(29)18-25(28)14-15-31-28)11-7-10-22-8-5-4-6-9-22/h4-10,12-13,17-18,21,24H,11,14-16,19H2,1-3H3/b10-7+/t21-,24-,28+/m0/s1. The van der Waals surface area contributed by atoms with Crippen molar-refractivity contribution in [3.63, 3.8) is 0 Å². The maximum atomic E-state index is 12.8. The van der Waals surface area contributed by atoms with Gasteiger partial charge in [-0.3, -0.25) is 4.79 Å². The molecule has 1 fully saturated rings. The highest BCUT2D eigenvalue weighted by Crippen LogP contribution is 2.47. The summed E-state index contributed by atoms with van der Waals surface area (Å²) in [6, 6.07) is 16.7. The Labute approximate surface area is 185 Å². The van der Waals surface area contributed by atoms with E-state index in [2.05, 4.69) is 56.3 Å². The number of allylic oxidation sites excluding steroid dienone is 2. The number of carbonyl (C=O) groups is 1. The van der Waals surface area contributed by atoms with Crippen LogP contribution in [0, 0.1) is 18.8 Å². The lowest BCUT2D eigenvalue weighted by Crippen LogP contribution is -2.44. The molecule has 0 bridgehead atoms. The lowest BCUT2D eigenvalue weighted by atomic mass is 9.68. The fraction of sp³-hybridized carbons (Fsp3) is 0.393. The molecule has 0 saturated carbocycles. The summed E-state index contributed by atoms with van der Waals surface area (Å²) in [7, 11) is 1.72. The van der Waals surface area contributed by atoms with Crippen LogP contribution in [-0.4, -0.2) is 25.1 Å². The summed E-state index contributed by atoms with van der Waals surface area (Å²) in [5.74, 6) is 1.42. The van der Waals surface area contributed by atoms with Crippen molar-refractivity contribution in [2.45, 2.75) is 45.1 Å². The van der Waals surface area contributed by atoms with Crippen LogP contribution in [0.15, 0.2) is 66.3 Å². The maximum absolute atomic E-state index is 12.8. The zero-order chi connectivity index (χ0) is 21.8. The Balaban J connectivity index is 1.52. The zero-order valence-electron chi connectivity index (χ0n) is 18.8. The second-order valence-electron chi connectivity index (χ2n) is 8.92. The highest BCUT2D eigenvalue weighted by molar-refractivity contribution is 5.94. The van der Waals surface area contributed by atoms with E-state index in [0.717, 1.165) is 42.6 Å². The molecule has 1 aliphatic heterocycles. The Morgan fingerprint density at radius 2 is 2.03 bits per heavy atom. The van der Waals surface area contributed by atoms with Gasteiger partial charge >= 0.3 is 0 Å². The molecule has 162 valence electrons. The van der Waals surface area contributed by atoms with Crippen molar-refractivity contribution in [3.8, 4) is 5.75 Å². The third-order valence-corrected chi connectivity index (χ3v) is 6.88. The van der Waals surface area contributed by atoms with E-state index in [0.29, 0.717) is 6.61 Å². The molecule has 31 heavy (non-hydrogen) atoms. The quantitative estimate of drug-likeness (QED) is 0.559. The average Bonchev–Trinajstić information content (AvgIpc) is 3.19. The van der Waals surface area contributed by atoms with Gasteiger partial charge in [0.25, 0.3) is 0 Å². The Morgan fingerprint density at radius 3 is 2.81 bits per heavy atom. The minimum atomic E-state index is -0.336. The molecular formula is C28H32O3. The molecule has 3 nitrogen and oxygen atoms in total. The second-order valence-corrected chi connectivity index (χ2v) is 8.92. The Kier molecular flexibility index (Phi) is 6.43. The number of ketones is 1. The Morgan fingerprint density at radius 1 is 1.23 bits per heavy atom. The molecule has 3 heteroatoms. The van der Waals surface area contributed by atoms with Crippen molar-refractivity contribution < 1.29 is 14.3 Å². The highest BCUT2D eigenvalue weighted by atomic mass is 16.5. The number of rotatable bonds is 7. The summed E-state index contributed by atoms with van der Waals surface area (Å²) in [5, 5.41) is 0. The van der Waals surface area contributed by atoms with E-state index in [9.17, 15) is 4.79 Å². The molecule has 0 aromatic heterocycles. The largest absolute Gasteiger partial charge is 0.496 e. The van der Waals surface area contributed by atoms with Crippen molar-refractivity contribution in [1.29, 1.82) is 0 Å². The highest BCUT2D eigenvalue weighted by Gasteiger charge is 2.49. The van der Waals surface area contributed by atoms with Crippen LogP contribution in [-0.2, 0) is 16.0 Å². The van der Waals surface area contributed by atoms with Gasteiger partial charge in [0, 0.05) is 5.92 Å². The van der Waals surface area contributed by atoms with Gasteiger partial charge in [-0.25, -0.2) is 0 Å². The molecule has 2 aromatic carbocycles. The minimum absolute atomic E-state index is 0.0307. The number of hydrogen-bond acceptors (Lipinski definition) is 3. The van der Waals surface area contributed by atoms with Crippen LogP contribution in [0.3, 0.4) is 0 Å². The second kappa shape index (κ2) is 9.23. The first-order valence-electron chi connectivity index (χ1n) is 11.3. The van der Waals surface area contributed by atoms with E-state index in [4.69, 9.17) is 9.47 Å². The van der Waals surface area contributed by atoms with Crippen LogP contribution in [0.4, 0.5) is 0 Å². The van der Waals surface area contributed by atoms with Gasteiger partial charge in [0.15, 0.2) is 5.78 Å². The Bertz CT molecular complexity index is 989. The number of hydrogen-bond donors (Lipinski definition) is 0. The van der Waals surface area contributed by atoms with Gasteiger partial charge in [0.1, 0.15) is 5.75 Å². The first-order chi connectivity index (χ1) is 15.0. The molecule has 1 heterocycles. The van der Waals surface area contributed by atoms with Crippen molar-refractivity contribution in [3.05, 3.63) is 82.9 Å². The zero-order valence-corrected chi connectivity index (χ0v) is 18.8. The summed E-state index contributed by atoms with van der Waals surface area (Å²) in [6.45, 7) is 5.03. The van der Waals surface area contributed by atoms with Gasteiger partial charge < -0.3 is 9.47 Å². The van der Waals surface area contributed by atoms with Gasteiger partial charge in [0.05, 0.1) is 19.3 Å². The molecule has 0 amide bonds. The number of carbonyl (C=O) groups excluding carboxylic acids is 1. The molecular weight excluding hydrogens is 384 g/mol. The summed E-state index contributed by atoms with van der Waals surface area (Å²) in [4.78, 5) is 12.8. The molecule has 0 unspecified atom stereocenters. The number of benzene rings is 2. The van der Waals surface area contributed by atoms with Crippen LogP contribution in [0.5, 0.6) is 5.75 Å². The third kappa shape index (κ3) is 4.52. The third-order valence-electron chi connectivity index (χ3n) is 6.88. The fourth-order valence-corrected chi connectivity index (χ4v) is 5.09. The molecule has 3 atom stereocenters. The van der Waals surface area contributed by atoms with Crippen molar-refractivity contribution >= 4 is 11.9 Å². The number of ether oxygens (including phenoxy) is 2. The lowest BCUT2D eigenvalue weighted by molar-refractivity contribution is -0.123. The number of aryl methyl sites for hydroxylation is 1. The van der Waals surface area contributed by atoms with Crippen molar-refractivity contribution in [2.75, 3.05) is 13.7 Å². The summed E-state index contributed by atoms with van der Waals surface area (Å²) >= 11 is 0. The van der Waals surface area contributed by atoms with Gasteiger partial charge in [-0.1, -0.05) is 61.5 Å². The van der Waals surface area contributed by atoms with E-state index < -0.39 is 0 Å². The normalized spacial score (nSPS) is 24.2. The van der Waals surface area contributed by atoms with Crippen molar-refractivity contribution in [1.82, 2.24) is 0 Å². The van der Waals surface area contributed by atoms with Crippen LogP contribution in [0.1, 0.15) is 42.9 Å². The first kappa shape index (κ1) is 21.6. The van der Waals surface area contributed by atoms with Crippen molar-refractivity contribution in [2.24, 2.45) is 11.8 Å². The molecule has 0 spiro atoms. The fourth-order valence-electron chi connectivity index (χ4n) is 5.09. The molecule has 2 aliphatic rings. The summed E-state index contributed by atoms with van der Waals surface area (Å²) in [6.07, 6.45) is 9.40. The van der Waals surface area contributed by atoms with Crippen LogP contribution < -0.4 is 4.74 Å².